The summed E-state index contributed by atoms with van der Waals surface area (Å²) in [5.41, 5.74) is 0.985. The number of benzene rings is 1. The third kappa shape index (κ3) is 2.34. The molecule has 0 aromatic heterocycles. The highest BCUT2D eigenvalue weighted by Gasteiger charge is 2.47. The average Bonchev–Trinajstić information content (AvgIpc) is 3.13. The summed E-state index contributed by atoms with van der Waals surface area (Å²) in [4.78, 5) is 0. The predicted octanol–water partition coefficient (Wildman–Crippen LogP) is 3.64. The van der Waals surface area contributed by atoms with Crippen LogP contribution in [-0.2, 0) is 11.5 Å². The van der Waals surface area contributed by atoms with Crippen molar-refractivity contribution in [3.05, 3.63) is 35.4 Å². The summed E-state index contributed by atoms with van der Waals surface area (Å²) in [5.74, 6) is -3.09. The number of nitrogens with one attached hydrogen (secondary N) is 1. The molecular formula is C14H19F2N. The van der Waals surface area contributed by atoms with Crippen LogP contribution < -0.4 is 5.32 Å². The highest BCUT2D eigenvalue weighted by atomic mass is 19.3. The number of hydrogen-bond donors (Lipinski definition) is 1. The molecule has 0 heterocycles. The van der Waals surface area contributed by atoms with Crippen LogP contribution in [-0.4, -0.2) is 7.05 Å². The summed E-state index contributed by atoms with van der Waals surface area (Å²) in [6.07, 6.45) is 1.30. The second kappa shape index (κ2) is 4.05. The van der Waals surface area contributed by atoms with E-state index in [1.54, 1.807) is 24.3 Å². The van der Waals surface area contributed by atoms with Crippen LogP contribution in [0.15, 0.2) is 24.3 Å². The fraction of sp³-hybridized carbons (Fsp3) is 0.571. The molecule has 0 amide bonds. The molecular weight excluding hydrogens is 220 g/mol. The van der Waals surface area contributed by atoms with Crippen LogP contribution in [0, 0.1) is 5.92 Å². The SMILES string of the molecule is CNC(C)(C)c1ccc(C(F)(F)C2CC2)cc1. The van der Waals surface area contributed by atoms with Gasteiger partial charge in [-0.2, -0.15) is 0 Å². The van der Waals surface area contributed by atoms with Crippen molar-refractivity contribution in [3.63, 3.8) is 0 Å². The predicted molar refractivity (Wildman–Crippen MR) is 65.1 cm³/mol. The lowest BCUT2D eigenvalue weighted by atomic mass is 9.92. The Morgan fingerprint density at radius 3 is 1.94 bits per heavy atom. The molecule has 1 saturated carbocycles. The van der Waals surface area contributed by atoms with Crippen molar-refractivity contribution in [3.8, 4) is 0 Å². The summed E-state index contributed by atoms with van der Waals surface area (Å²) < 4.78 is 27.7. The van der Waals surface area contributed by atoms with E-state index >= 15 is 0 Å². The van der Waals surface area contributed by atoms with Gasteiger partial charge in [0.1, 0.15) is 0 Å². The first kappa shape index (κ1) is 12.5. The van der Waals surface area contributed by atoms with Crippen LogP contribution >= 0.6 is 0 Å². The molecule has 1 aliphatic rings. The monoisotopic (exact) mass is 239 g/mol. The lowest BCUT2D eigenvalue weighted by Gasteiger charge is -2.25. The zero-order chi connectivity index (χ0) is 12.7. The Morgan fingerprint density at radius 2 is 1.53 bits per heavy atom. The topological polar surface area (TPSA) is 12.0 Å². The van der Waals surface area contributed by atoms with Crippen molar-refractivity contribution in [2.75, 3.05) is 7.05 Å². The Morgan fingerprint density at radius 1 is 1.06 bits per heavy atom. The van der Waals surface area contributed by atoms with Crippen LogP contribution in [0.4, 0.5) is 8.78 Å². The second-order valence-corrected chi connectivity index (χ2v) is 5.35. The molecule has 94 valence electrons. The van der Waals surface area contributed by atoms with Crippen molar-refractivity contribution in [2.24, 2.45) is 5.92 Å². The molecule has 1 N–H and O–H groups in total. The van der Waals surface area contributed by atoms with Crippen molar-refractivity contribution < 1.29 is 8.78 Å². The van der Waals surface area contributed by atoms with Gasteiger partial charge in [0.05, 0.1) is 0 Å². The molecule has 1 aromatic rings. The first-order valence-electron chi connectivity index (χ1n) is 6.05. The van der Waals surface area contributed by atoms with Crippen molar-refractivity contribution in [1.29, 1.82) is 0 Å². The van der Waals surface area contributed by atoms with E-state index in [9.17, 15) is 8.78 Å². The number of rotatable bonds is 4. The highest BCUT2D eigenvalue weighted by molar-refractivity contribution is 5.30. The van der Waals surface area contributed by atoms with Gasteiger partial charge in [-0.15, -0.1) is 0 Å². The molecule has 3 heteroatoms. The first-order valence-corrected chi connectivity index (χ1v) is 6.05. The van der Waals surface area contributed by atoms with E-state index in [2.05, 4.69) is 5.32 Å². The van der Waals surface area contributed by atoms with Crippen molar-refractivity contribution in [1.82, 2.24) is 5.32 Å². The Hall–Kier alpha value is -0.960. The van der Waals surface area contributed by atoms with Gasteiger partial charge in [0.25, 0.3) is 5.92 Å². The Balaban J connectivity index is 2.24. The fourth-order valence-electron chi connectivity index (χ4n) is 1.94. The summed E-state index contributed by atoms with van der Waals surface area (Å²) in [6, 6.07) is 6.71. The second-order valence-electron chi connectivity index (χ2n) is 5.35. The van der Waals surface area contributed by atoms with Crippen LogP contribution in [0.25, 0.3) is 0 Å². The van der Waals surface area contributed by atoms with Gasteiger partial charge >= 0.3 is 0 Å². The van der Waals surface area contributed by atoms with Gasteiger partial charge < -0.3 is 5.32 Å². The van der Waals surface area contributed by atoms with E-state index in [0.29, 0.717) is 12.8 Å². The zero-order valence-corrected chi connectivity index (χ0v) is 10.6. The lowest BCUT2D eigenvalue weighted by molar-refractivity contribution is -0.0285. The van der Waals surface area contributed by atoms with Crippen LogP contribution in [0.1, 0.15) is 37.8 Å². The molecule has 0 bridgehead atoms. The van der Waals surface area contributed by atoms with E-state index in [1.807, 2.05) is 20.9 Å². The first-order chi connectivity index (χ1) is 7.88. The van der Waals surface area contributed by atoms with Crippen molar-refractivity contribution in [2.45, 2.75) is 38.2 Å². The van der Waals surface area contributed by atoms with Gasteiger partial charge in [0.15, 0.2) is 0 Å². The molecule has 17 heavy (non-hydrogen) atoms. The zero-order valence-electron chi connectivity index (χ0n) is 10.6. The van der Waals surface area contributed by atoms with Crippen LogP contribution in [0.5, 0.6) is 0 Å². The standard InChI is InChI=1S/C14H19F2N/c1-13(2,17-3)10-4-6-11(7-5-10)14(15,16)12-8-9-12/h4-7,12,17H,8-9H2,1-3H3. The quantitative estimate of drug-likeness (QED) is 0.845. The van der Waals surface area contributed by atoms with E-state index in [1.165, 1.54) is 0 Å². The molecule has 1 nitrogen and oxygen atoms in total. The number of halogens is 2. The maximum atomic E-state index is 13.8. The molecule has 1 fully saturated rings. The maximum absolute atomic E-state index is 13.8. The third-order valence-electron chi connectivity index (χ3n) is 3.71. The number of hydrogen-bond acceptors (Lipinski definition) is 1. The van der Waals surface area contributed by atoms with Gasteiger partial charge in [0, 0.05) is 17.0 Å². The fourth-order valence-corrected chi connectivity index (χ4v) is 1.94. The van der Waals surface area contributed by atoms with Gasteiger partial charge in [-0.1, -0.05) is 24.3 Å². The minimum atomic E-state index is -2.65. The molecule has 0 unspecified atom stereocenters. The van der Waals surface area contributed by atoms with Crippen molar-refractivity contribution >= 4 is 0 Å². The Kier molecular flexibility index (Phi) is 2.98. The molecule has 0 spiro atoms. The highest BCUT2D eigenvalue weighted by Crippen LogP contribution is 2.49. The summed E-state index contributed by atoms with van der Waals surface area (Å²) >= 11 is 0. The molecule has 0 radical (unpaired) electrons. The molecule has 1 aliphatic carbocycles. The summed E-state index contributed by atoms with van der Waals surface area (Å²) in [5, 5.41) is 3.16. The summed E-state index contributed by atoms with van der Waals surface area (Å²) in [7, 11) is 1.87. The minimum Gasteiger partial charge on any atom is -0.311 e. The van der Waals surface area contributed by atoms with E-state index in [-0.39, 0.29) is 11.1 Å². The lowest BCUT2D eigenvalue weighted by Crippen LogP contribution is -2.33. The normalized spacial score (nSPS) is 17.2. The molecule has 1 aromatic carbocycles. The smallest absolute Gasteiger partial charge is 0.276 e. The van der Waals surface area contributed by atoms with Gasteiger partial charge in [0.2, 0.25) is 0 Å². The largest absolute Gasteiger partial charge is 0.311 e. The van der Waals surface area contributed by atoms with Crippen LogP contribution in [0.2, 0.25) is 0 Å². The molecule has 0 saturated heterocycles. The van der Waals surface area contributed by atoms with Gasteiger partial charge in [-0.3, -0.25) is 0 Å². The van der Waals surface area contributed by atoms with E-state index < -0.39 is 11.8 Å². The Bertz CT molecular complexity index is 391. The third-order valence-corrected chi connectivity index (χ3v) is 3.71. The van der Waals surface area contributed by atoms with Crippen LogP contribution in [0.3, 0.4) is 0 Å². The van der Waals surface area contributed by atoms with E-state index in [4.69, 9.17) is 0 Å². The average molecular weight is 239 g/mol. The number of alkyl halides is 2. The maximum Gasteiger partial charge on any atom is 0.276 e. The van der Waals surface area contributed by atoms with Gasteiger partial charge in [-0.25, -0.2) is 8.78 Å². The molecule has 0 atom stereocenters. The Labute approximate surface area is 101 Å². The molecule has 2 rings (SSSR count). The van der Waals surface area contributed by atoms with E-state index in [0.717, 1.165) is 5.56 Å². The minimum absolute atomic E-state index is 0.149. The summed E-state index contributed by atoms with van der Waals surface area (Å²) in [6.45, 7) is 4.06. The van der Waals surface area contributed by atoms with Gasteiger partial charge in [-0.05, 0) is 39.3 Å². The molecule has 0 aliphatic heterocycles.